The van der Waals surface area contributed by atoms with E-state index in [2.05, 4.69) is 10.6 Å². The van der Waals surface area contributed by atoms with Crippen molar-refractivity contribution in [2.45, 2.75) is 33.2 Å². The van der Waals surface area contributed by atoms with Crippen molar-refractivity contribution in [2.75, 3.05) is 19.8 Å². The second-order valence-corrected chi connectivity index (χ2v) is 4.72. The summed E-state index contributed by atoms with van der Waals surface area (Å²) in [7, 11) is 0. The van der Waals surface area contributed by atoms with Gasteiger partial charge in [0.05, 0.1) is 18.6 Å². The van der Waals surface area contributed by atoms with Gasteiger partial charge in [-0.15, -0.1) is 0 Å². The molecular formula is C12H22N2O3. The van der Waals surface area contributed by atoms with Crippen LogP contribution in [0.2, 0.25) is 0 Å². The van der Waals surface area contributed by atoms with Gasteiger partial charge >= 0.3 is 0 Å². The molecule has 1 saturated heterocycles. The molecule has 0 aliphatic carbocycles. The first-order valence-electron chi connectivity index (χ1n) is 6.19. The van der Waals surface area contributed by atoms with Crippen LogP contribution in [0.15, 0.2) is 0 Å². The molecule has 5 nitrogen and oxygen atoms in total. The Kier molecular flexibility index (Phi) is 5.41. The molecule has 2 N–H and O–H groups in total. The minimum atomic E-state index is -0.231. The number of hydrogen-bond acceptors (Lipinski definition) is 3. The van der Waals surface area contributed by atoms with Gasteiger partial charge in [0.2, 0.25) is 11.8 Å². The van der Waals surface area contributed by atoms with Gasteiger partial charge in [-0.1, -0.05) is 13.8 Å². The van der Waals surface area contributed by atoms with Crippen LogP contribution in [0.3, 0.4) is 0 Å². The maximum atomic E-state index is 11.9. The van der Waals surface area contributed by atoms with Gasteiger partial charge in [-0.25, -0.2) is 0 Å². The highest BCUT2D eigenvalue weighted by molar-refractivity contribution is 5.89. The van der Waals surface area contributed by atoms with Gasteiger partial charge in [-0.05, 0) is 12.8 Å². The predicted octanol–water partition coefficient (Wildman–Crippen LogP) is 0.300. The van der Waals surface area contributed by atoms with Crippen LogP contribution in [0.1, 0.15) is 27.2 Å². The Labute approximate surface area is 102 Å². The molecule has 98 valence electrons. The largest absolute Gasteiger partial charge is 0.380 e. The van der Waals surface area contributed by atoms with Gasteiger partial charge in [0.1, 0.15) is 0 Å². The van der Waals surface area contributed by atoms with E-state index >= 15 is 0 Å². The molecule has 2 amide bonds. The van der Waals surface area contributed by atoms with Gasteiger partial charge in [-0.3, -0.25) is 9.59 Å². The van der Waals surface area contributed by atoms with Crippen molar-refractivity contribution in [3.05, 3.63) is 0 Å². The molecule has 2 unspecified atom stereocenters. The van der Waals surface area contributed by atoms with Crippen molar-refractivity contribution < 1.29 is 14.3 Å². The van der Waals surface area contributed by atoms with E-state index in [9.17, 15) is 9.59 Å². The summed E-state index contributed by atoms with van der Waals surface area (Å²) in [5.74, 6) is -0.0150. The maximum Gasteiger partial charge on any atom is 0.225 e. The highest BCUT2D eigenvalue weighted by Crippen LogP contribution is 2.11. The smallest absolute Gasteiger partial charge is 0.225 e. The molecule has 1 rings (SSSR count). The van der Waals surface area contributed by atoms with E-state index in [0.29, 0.717) is 32.1 Å². The van der Waals surface area contributed by atoms with Crippen LogP contribution in [0.4, 0.5) is 0 Å². The van der Waals surface area contributed by atoms with Crippen molar-refractivity contribution in [1.82, 2.24) is 10.6 Å². The third-order valence-electron chi connectivity index (χ3n) is 2.98. The molecule has 2 atom stereocenters. The van der Waals surface area contributed by atoms with E-state index in [1.165, 1.54) is 0 Å². The number of carbonyl (C=O) groups is 2. The number of rotatable bonds is 6. The van der Waals surface area contributed by atoms with E-state index in [1.807, 2.05) is 20.8 Å². The Morgan fingerprint density at radius 2 is 2.29 bits per heavy atom. The average Bonchev–Trinajstić information content (AvgIpc) is 2.70. The van der Waals surface area contributed by atoms with E-state index < -0.39 is 0 Å². The molecule has 0 aromatic heterocycles. The monoisotopic (exact) mass is 242 g/mol. The third-order valence-corrected chi connectivity index (χ3v) is 2.98. The van der Waals surface area contributed by atoms with Crippen molar-refractivity contribution in [2.24, 2.45) is 11.8 Å². The van der Waals surface area contributed by atoms with Crippen molar-refractivity contribution in [1.29, 1.82) is 0 Å². The number of hydrogen-bond donors (Lipinski definition) is 2. The Morgan fingerprint density at radius 3 is 2.76 bits per heavy atom. The average molecular weight is 242 g/mol. The molecule has 0 saturated carbocycles. The standard InChI is InChI=1S/C12H22N2O3/c1-4-17-7-10(8(2)3)14-12(16)9-5-11(15)13-6-9/h8-10H,4-7H2,1-3H3,(H,13,15)(H,14,16). The highest BCUT2D eigenvalue weighted by atomic mass is 16.5. The van der Waals surface area contributed by atoms with Gasteiger partial charge in [0.25, 0.3) is 0 Å². The summed E-state index contributed by atoms with van der Waals surface area (Å²) in [5.41, 5.74) is 0. The molecule has 0 aromatic rings. The molecule has 0 aromatic carbocycles. The first-order valence-corrected chi connectivity index (χ1v) is 6.19. The summed E-state index contributed by atoms with van der Waals surface area (Å²) in [4.78, 5) is 22.9. The molecule has 17 heavy (non-hydrogen) atoms. The second kappa shape index (κ2) is 6.59. The van der Waals surface area contributed by atoms with Crippen LogP contribution in [-0.4, -0.2) is 37.6 Å². The van der Waals surface area contributed by atoms with Crippen LogP contribution in [0.25, 0.3) is 0 Å². The third kappa shape index (κ3) is 4.34. The lowest BCUT2D eigenvalue weighted by Gasteiger charge is -2.23. The molecule has 1 aliphatic rings. The van der Waals surface area contributed by atoms with E-state index in [-0.39, 0.29) is 23.8 Å². The van der Waals surface area contributed by atoms with E-state index in [0.717, 1.165) is 0 Å². The normalized spacial score (nSPS) is 21.4. The number of carbonyl (C=O) groups excluding carboxylic acids is 2. The minimum absolute atomic E-state index is 0.0122. The van der Waals surface area contributed by atoms with E-state index in [4.69, 9.17) is 4.74 Å². The lowest BCUT2D eigenvalue weighted by molar-refractivity contribution is -0.127. The summed E-state index contributed by atoms with van der Waals surface area (Å²) >= 11 is 0. The Balaban J connectivity index is 2.43. The quantitative estimate of drug-likeness (QED) is 0.704. The summed E-state index contributed by atoms with van der Waals surface area (Å²) in [6, 6.07) is 0.0122. The molecule has 1 heterocycles. The van der Waals surface area contributed by atoms with Crippen molar-refractivity contribution >= 4 is 11.8 Å². The lowest BCUT2D eigenvalue weighted by atomic mass is 10.0. The fraction of sp³-hybridized carbons (Fsp3) is 0.833. The fourth-order valence-electron chi connectivity index (χ4n) is 1.74. The zero-order chi connectivity index (χ0) is 12.8. The van der Waals surface area contributed by atoms with Gasteiger partial charge in [0.15, 0.2) is 0 Å². The first kappa shape index (κ1) is 14.0. The molecule has 0 bridgehead atoms. The minimum Gasteiger partial charge on any atom is -0.380 e. The van der Waals surface area contributed by atoms with Crippen LogP contribution < -0.4 is 10.6 Å². The van der Waals surface area contributed by atoms with Crippen LogP contribution in [0.5, 0.6) is 0 Å². The summed E-state index contributed by atoms with van der Waals surface area (Å²) in [6.07, 6.45) is 0.297. The number of nitrogens with one attached hydrogen (secondary N) is 2. The summed E-state index contributed by atoms with van der Waals surface area (Å²) in [5, 5.41) is 5.62. The molecule has 1 aliphatic heterocycles. The highest BCUT2D eigenvalue weighted by Gasteiger charge is 2.29. The van der Waals surface area contributed by atoms with Crippen molar-refractivity contribution in [3.63, 3.8) is 0 Å². The molecule has 5 heteroatoms. The fourth-order valence-corrected chi connectivity index (χ4v) is 1.74. The van der Waals surface area contributed by atoms with Crippen LogP contribution in [-0.2, 0) is 14.3 Å². The molecule has 0 spiro atoms. The Morgan fingerprint density at radius 1 is 1.59 bits per heavy atom. The van der Waals surface area contributed by atoms with E-state index in [1.54, 1.807) is 0 Å². The Hall–Kier alpha value is -1.10. The second-order valence-electron chi connectivity index (χ2n) is 4.72. The van der Waals surface area contributed by atoms with Gasteiger partial charge in [0, 0.05) is 19.6 Å². The molecular weight excluding hydrogens is 220 g/mol. The predicted molar refractivity (Wildman–Crippen MR) is 64.4 cm³/mol. The van der Waals surface area contributed by atoms with Gasteiger partial charge in [-0.2, -0.15) is 0 Å². The maximum absolute atomic E-state index is 11.9. The first-order chi connectivity index (χ1) is 8.04. The van der Waals surface area contributed by atoms with Crippen molar-refractivity contribution in [3.8, 4) is 0 Å². The molecule has 0 radical (unpaired) electrons. The van der Waals surface area contributed by atoms with Crippen LogP contribution >= 0.6 is 0 Å². The zero-order valence-electron chi connectivity index (χ0n) is 10.8. The zero-order valence-corrected chi connectivity index (χ0v) is 10.8. The molecule has 1 fully saturated rings. The SMILES string of the molecule is CCOCC(NC(=O)C1CNC(=O)C1)C(C)C. The topological polar surface area (TPSA) is 67.4 Å². The summed E-state index contributed by atoms with van der Waals surface area (Å²) in [6.45, 7) is 7.63. The lowest BCUT2D eigenvalue weighted by Crippen LogP contribution is -2.45. The van der Waals surface area contributed by atoms with Crippen LogP contribution in [0, 0.1) is 11.8 Å². The summed E-state index contributed by atoms with van der Waals surface area (Å²) < 4.78 is 5.34. The van der Waals surface area contributed by atoms with Gasteiger partial charge < -0.3 is 15.4 Å². The Bertz CT molecular complexity index is 279. The number of ether oxygens (including phenoxy) is 1. The number of amides is 2.